The summed E-state index contributed by atoms with van der Waals surface area (Å²) in [6.07, 6.45) is 6.67. The van der Waals surface area contributed by atoms with Crippen LogP contribution in [0.2, 0.25) is 0 Å². The van der Waals surface area contributed by atoms with E-state index >= 15 is 0 Å². The van der Waals surface area contributed by atoms with Gasteiger partial charge in [0, 0.05) is 11.4 Å². The number of hydrogen-bond donors (Lipinski definition) is 1. The molecule has 0 aliphatic heterocycles. The Bertz CT molecular complexity index is 750. The number of nitrogens with two attached hydrogens (primary N) is 1. The molecule has 0 unspecified atom stereocenters. The van der Waals surface area contributed by atoms with Gasteiger partial charge < -0.3 is 5.73 Å². The van der Waals surface area contributed by atoms with Crippen LogP contribution < -0.4 is 5.73 Å². The SMILES string of the molecule is C=CCn1c(SCC(N)=O)nnc1-c1cc2c(s1)CC[C@H](CC)C2. The average Bonchev–Trinajstić information content (AvgIpc) is 3.16. The summed E-state index contributed by atoms with van der Waals surface area (Å²) in [6, 6.07) is 2.27. The van der Waals surface area contributed by atoms with Crippen molar-refractivity contribution >= 4 is 29.0 Å². The Labute approximate surface area is 150 Å². The fraction of sp³-hybridized carbons (Fsp3) is 0.471. The van der Waals surface area contributed by atoms with Crippen LogP contribution in [0.4, 0.5) is 0 Å². The van der Waals surface area contributed by atoms with Crippen LogP contribution in [0.3, 0.4) is 0 Å². The van der Waals surface area contributed by atoms with Crippen LogP contribution in [0.1, 0.15) is 30.2 Å². The number of rotatable bonds is 7. The predicted octanol–water partition coefficient (Wildman–Crippen LogP) is 3.28. The summed E-state index contributed by atoms with van der Waals surface area (Å²) in [4.78, 5) is 13.7. The maximum absolute atomic E-state index is 11.0. The molecule has 1 aliphatic carbocycles. The van der Waals surface area contributed by atoms with E-state index in [1.165, 1.54) is 41.5 Å². The molecule has 2 N–H and O–H groups in total. The van der Waals surface area contributed by atoms with E-state index in [4.69, 9.17) is 5.73 Å². The van der Waals surface area contributed by atoms with Crippen molar-refractivity contribution < 1.29 is 4.79 Å². The fourth-order valence-corrected chi connectivity index (χ4v) is 4.95. The molecular weight excluding hydrogens is 340 g/mol. The molecule has 0 saturated heterocycles. The molecule has 0 fully saturated rings. The molecule has 5 nitrogen and oxygen atoms in total. The van der Waals surface area contributed by atoms with Gasteiger partial charge in [-0.25, -0.2) is 0 Å². The van der Waals surface area contributed by atoms with Crippen molar-refractivity contribution in [1.82, 2.24) is 14.8 Å². The molecule has 3 rings (SSSR count). The Morgan fingerprint density at radius 1 is 1.58 bits per heavy atom. The second kappa shape index (κ2) is 7.53. The van der Waals surface area contributed by atoms with Crippen LogP contribution in [-0.2, 0) is 24.2 Å². The minimum absolute atomic E-state index is 0.203. The number of thioether (sulfide) groups is 1. The van der Waals surface area contributed by atoms with Gasteiger partial charge in [-0.05, 0) is 36.8 Å². The number of thiophene rings is 1. The molecule has 1 atom stereocenters. The molecule has 1 amide bonds. The number of amides is 1. The Morgan fingerprint density at radius 2 is 2.42 bits per heavy atom. The molecule has 2 aromatic rings. The number of aryl methyl sites for hydroxylation is 1. The quantitative estimate of drug-likeness (QED) is 0.606. The Balaban J connectivity index is 1.90. The third-order valence-electron chi connectivity index (χ3n) is 4.35. The van der Waals surface area contributed by atoms with Crippen molar-refractivity contribution in [2.75, 3.05) is 5.75 Å². The molecule has 2 heterocycles. The number of nitrogens with zero attached hydrogens (tertiary/aromatic N) is 3. The molecule has 128 valence electrons. The average molecular weight is 363 g/mol. The van der Waals surface area contributed by atoms with Crippen molar-refractivity contribution in [3.8, 4) is 10.7 Å². The lowest BCUT2D eigenvalue weighted by molar-refractivity contribution is -0.115. The zero-order chi connectivity index (χ0) is 17.1. The Hall–Kier alpha value is -1.60. The smallest absolute Gasteiger partial charge is 0.227 e. The topological polar surface area (TPSA) is 73.8 Å². The molecule has 2 aromatic heterocycles. The zero-order valence-corrected chi connectivity index (χ0v) is 15.5. The normalized spacial score (nSPS) is 16.8. The number of carbonyl (C=O) groups is 1. The van der Waals surface area contributed by atoms with Crippen LogP contribution in [0.15, 0.2) is 23.9 Å². The molecule has 1 aliphatic rings. The largest absolute Gasteiger partial charge is 0.369 e. The first-order valence-corrected chi connectivity index (χ1v) is 9.99. The summed E-state index contributed by atoms with van der Waals surface area (Å²) >= 11 is 3.14. The van der Waals surface area contributed by atoms with Gasteiger partial charge in [0.15, 0.2) is 11.0 Å². The Morgan fingerprint density at radius 3 is 3.12 bits per heavy atom. The van der Waals surface area contributed by atoms with Crippen molar-refractivity contribution in [3.63, 3.8) is 0 Å². The predicted molar refractivity (Wildman–Crippen MR) is 99.3 cm³/mol. The van der Waals surface area contributed by atoms with E-state index in [0.717, 1.165) is 23.0 Å². The van der Waals surface area contributed by atoms with E-state index in [0.29, 0.717) is 11.7 Å². The highest BCUT2D eigenvalue weighted by Gasteiger charge is 2.23. The summed E-state index contributed by atoms with van der Waals surface area (Å²) in [5, 5.41) is 9.33. The first-order valence-electron chi connectivity index (χ1n) is 8.19. The summed E-state index contributed by atoms with van der Waals surface area (Å²) in [7, 11) is 0. The van der Waals surface area contributed by atoms with Gasteiger partial charge in [-0.15, -0.1) is 28.1 Å². The summed E-state index contributed by atoms with van der Waals surface area (Å²) in [5.74, 6) is 1.50. The highest BCUT2D eigenvalue weighted by molar-refractivity contribution is 7.99. The lowest BCUT2D eigenvalue weighted by Crippen LogP contribution is -2.13. The number of allylic oxidation sites excluding steroid dienone is 1. The van der Waals surface area contributed by atoms with Gasteiger partial charge in [-0.3, -0.25) is 9.36 Å². The second-order valence-corrected chi connectivity index (χ2v) is 8.12. The number of fused-ring (bicyclic) bond motifs is 1. The van der Waals surface area contributed by atoms with Crippen LogP contribution >= 0.6 is 23.1 Å². The van der Waals surface area contributed by atoms with Crippen LogP contribution in [0, 0.1) is 5.92 Å². The highest BCUT2D eigenvalue weighted by Crippen LogP contribution is 2.38. The lowest BCUT2D eigenvalue weighted by Gasteiger charge is -2.19. The van der Waals surface area contributed by atoms with Crippen molar-refractivity contribution in [2.24, 2.45) is 11.7 Å². The molecule has 0 spiro atoms. The van der Waals surface area contributed by atoms with Crippen LogP contribution in [0.5, 0.6) is 0 Å². The first kappa shape index (κ1) is 17.2. The molecule has 7 heteroatoms. The minimum atomic E-state index is -0.355. The minimum Gasteiger partial charge on any atom is -0.369 e. The Kier molecular flexibility index (Phi) is 5.40. The molecule has 0 bridgehead atoms. The van der Waals surface area contributed by atoms with E-state index in [9.17, 15) is 4.79 Å². The second-order valence-electron chi connectivity index (χ2n) is 6.04. The van der Waals surface area contributed by atoms with Crippen molar-refractivity contribution in [2.45, 2.75) is 44.3 Å². The van der Waals surface area contributed by atoms with Gasteiger partial charge >= 0.3 is 0 Å². The van der Waals surface area contributed by atoms with Gasteiger partial charge in [0.1, 0.15) is 0 Å². The number of primary amides is 1. The standard InChI is InChI=1S/C17H22N4OS2/c1-3-7-21-16(19-20-17(21)23-10-15(18)22)14-9-12-8-11(4-2)5-6-13(12)24-14/h3,9,11H,1,4-8,10H2,2H3,(H2,18,22)/t11-/m0/s1. The van der Waals surface area contributed by atoms with Crippen molar-refractivity contribution in [3.05, 3.63) is 29.2 Å². The van der Waals surface area contributed by atoms with E-state index in [2.05, 4.69) is 29.8 Å². The molecular formula is C17H22N4OS2. The van der Waals surface area contributed by atoms with Gasteiger partial charge in [0.05, 0.1) is 10.6 Å². The summed E-state index contributed by atoms with van der Waals surface area (Å²) < 4.78 is 2.01. The van der Waals surface area contributed by atoms with Crippen molar-refractivity contribution in [1.29, 1.82) is 0 Å². The fourth-order valence-electron chi connectivity index (χ4n) is 3.06. The van der Waals surface area contributed by atoms with E-state index in [1.807, 2.05) is 22.0 Å². The number of hydrogen-bond acceptors (Lipinski definition) is 5. The van der Waals surface area contributed by atoms with Crippen LogP contribution in [-0.4, -0.2) is 26.4 Å². The molecule has 0 radical (unpaired) electrons. The van der Waals surface area contributed by atoms with Gasteiger partial charge in [-0.1, -0.05) is 31.2 Å². The zero-order valence-electron chi connectivity index (χ0n) is 13.8. The van der Waals surface area contributed by atoms with Gasteiger partial charge in [0.2, 0.25) is 5.91 Å². The molecule has 0 saturated carbocycles. The maximum atomic E-state index is 11.0. The monoisotopic (exact) mass is 362 g/mol. The maximum Gasteiger partial charge on any atom is 0.227 e. The number of carbonyl (C=O) groups excluding carboxylic acids is 1. The molecule has 0 aromatic carbocycles. The number of aromatic nitrogens is 3. The van der Waals surface area contributed by atoms with E-state index in [-0.39, 0.29) is 11.7 Å². The summed E-state index contributed by atoms with van der Waals surface area (Å²) in [5.41, 5.74) is 6.70. The van der Waals surface area contributed by atoms with Gasteiger partial charge in [0.25, 0.3) is 0 Å². The highest BCUT2D eigenvalue weighted by atomic mass is 32.2. The van der Waals surface area contributed by atoms with Crippen LogP contribution in [0.25, 0.3) is 10.7 Å². The van der Waals surface area contributed by atoms with Gasteiger partial charge in [-0.2, -0.15) is 0 Å². The molecule has 24 heavy (non-hydrogen) atoms. The van der Waals surface area contributed by atoms with E-state index in [1.54, 1.807) is 0 Å². The lowest BCUT2D eigenvalue weighted by atomic mass is 9.87. The van der Waals surface area contributed by atoms with E-state index < -0.39 is 0 Å². The summed E-state index contributed by atoms with van der Waals surface area (Å²) in [6.45, 7) is 6.70. The third kappa shape index (κ3) is 3.57. The third-order valence-corrected chi connectivity index (χ3v) is 6.58. The first-order chi connectivity index (χ1) is 11.6.